The van der Waals surface area contributed by atoms with Crippen LogP contribution in [0, 0.1) is 0 Å². The highest BCUT2D eigenvalue weighted by Crippen LogP contribution is 2.33. The van der Waals surface area contributed by atoms with Crippen molar-refractivity contribution in [2.24, 2.45) is 0 Å². The maximum atomic E-state index is 10.9. The average molecular weight is 264 g/mol. The molecule has 2 aromatic carbocycles. The fourth-order valence-corrected chi connectivity index (χ4v) is 1.64. The fraction of sp³-hybridized carbons (Fsp3) is 0. The van der Waals surface area contributed by atoms with Crippen molar-refractivity contribution >= 4 is 23.3 Å². The van der Waals surface area contributed by atoms with E-state index in [9.17, 15) is 4.79 Å². The number of benzene rings is 2. The summed E-state index contributed by atoms with van der Waals surface area (Å²) in [5.74, 6) is -0.409. The van der Waals surface area contributed by atoms with Gasteiger partial charge in [-0.1, -0.05) is 29.8 Å². The Kier molecular flexibility index (Phi) is 3.39. The first-order valence-corrected chi connectivity index (χ1v) is 5.51. The summed E-state index contributed by atoms with van der Waals surface area (Å²) in [6.07, 6.45) is 0. The van der Waals surface area contributed by atoms with Crippen LogP contribution in [0.4, 0.5) is 5.69 Å². The number of aromatic carboxylic acids is 1. The highest BCUT2D eigenvalue weighted by molar-refractivity contribution is 6.32. The largest absolute Gasteiger partial charge is 0.478 e. The zero-order valence-corrected chi connectivity index (χ0v) is 10.0. The Morgan fingerprint density at radius 3 is 2.44 bits per heavy atom. The maximum Gasteiger partial charge on any atom is 0.337 e. The van der Waals surface area contributed by atoms with Crippen molar-refractivity contribution in [3.8, 4) is 11.5 Å². The number of rotatable bonds is 3. The maximum absolute atomic E-state index is 10.9. The molecule has 0 unspecified atom stereocenters. The number of anilines is 1. The predicted octanol–water partition coefficient (Wildman–Crippen LogP) is 3.41. The Morgan fingerprint density at radius 2 is 1.78 bits per heavy atom. The SMILES string of the molecule is Nc1c(Oc2ccccc2Cl)cccc1C(=O)O. The van der Waals surface area contributed by atoms with Gasteiger partial charge in [0, 0.05) is 0 Å². The van der Waals surface area contributed by atoms with Gasteiger partial charge in [-0.25, -0.2) is 4.79 Å². The summed E-state index contributed by atoms with van der Waals surface area (Å²) in [4.78, 5) is 10.9. The first kappa shape index (κ1) is 12.3. The van der Waals surface area contributed by atoms with Gasteiger partial charge in [0.1, 0.15) is 5.75 Å². The summed E-state index contributed by atoms with van der Waals surface area (Å²) in [6.45, 7) is 0. The summed E-state index contributed by atoms with van der Waals surface area (Å²) in [5.41, 5.74) is 5.81. The minimum atomic E-state index is -1.10. The van der Waals surface area contributed by atoms with E-state index in [1.165, 1.54) is 6.07 Å². The van der Waals surface area contributed by atoms with Gasteiger partial charge in [0.2, 0.25) is 0 Å². The molecule has 0 aliphatic carbocycles. The van der Waals surface area contributed by atoms with Gasteiger partial charge in [0.15, 0.2) is 5.75 Å². The van der Waals surface area contributed by atoms with E-state index in [4.69, 9.17) is 27.2 Å². The van der Waals surface area contributed by atoms with Crippen molar-refractivity contribution in [2.45, 2.75) is 0 Å². The van der Waals surface area contributed by atoms with E-state index in [1.54, 1.807) is 36.4 Å². The van der Waals surface area contributed by atoms with Crippen LogP contribution in [0.1, 0.15) is 10.4 Å². The molecule has 0 heterocycles. The number of hydrogen-bond donors (Lipinski definition) is 2. The van der Waals surface area contributed by atoms with Crippen molar-refractivity contribution < 1.29 is 14.6 Å². The molecular weight excluding hydrogens is 254 g/mol. The number of hydrogen-bond acceptors (Lipinski definition) is 3. The molecule has 0 aliphatic heterocycles. The molecule has 0 bridgehead atoms. The zero-order chi connectivity index (χ0) is 13.1. The minimum absolute atomic E-state index is 0.000413. The van der Waals surface area contributed by atoms with E-state index in [1.807, 2.05) is 0 Å². The topological polar surface area (TPSA) is 72.5 Å². The van der Waals surface area contributed by atoms with Gasteiger partial charge in [-0.15, -0.1) is 0 Å². The van der Waals surface area contributed by atoms with Gasteiger partial charge < -0.3 is 15.6 Å². The Bertz CT molecular complexity index is 599. The molecule has 0 spiro atoms. The van der Waals surface area contributed by atoms with E-state index in [0.717, 1.165) is 0 Å². The van der Waals surface area contributed by atoms with E-state index in [-0.39, 0.29) is 17.0 Å². The summed E-state index contributed by atoms with van der Waals surface area (Å²) in [5, 5.41) is 9.38. The second-order valence-electron chi connectivity index (χ2n) is 3.56. The van der Waals surface area contributed by atoms with Crippen LogP contribution in [0.2, 0.25) is 5.02 Å². The Balaban J connectivity index is 2.39. The Hall–Kier alpha value is -2.20. The predicted molar refractivity (Wildman–Crippen MR) is 69.3 cm³/mol. The number of carboxylic acids is 1. The molecule has 2 rings (SSSR count). The lowest BCUT2D eigenvalue weighted by atomic mass is 10.1. The van der Waals surface area contributed by atoms with Crippen LogP contribution in [-0.2, 0) is 0 Å². The molecular formula is C13H10ClNO3. The Morgan fingerprint density at radius 1 is 1.11 bits per heavy atom. The van der Waals surface area contributed by atoms with Gasteiger partial charge in [-0.3, -0.25) is 0 Å². The molecule has 0 radical (unpaired) electrons. The molecule has 0 atom stereocenters. The number of halogens is 1. The van der Waals surface area contributed by atoms with Gasteiger partial charge >= 0.3 is 5.97 Å². The highest BCUT2D eigenvalue weighted by Gasteiger charge is 2.13. The van der Waals surface area contributed by atoms with Crippen LogP contribution in [0.15, 0.2) is 42.5 Å². The quantitative estimate of drug-likeness (QED) is 0.833. The second kappa shape index (κ2) is 4.98. The number of para-hydroxylation sites is 2. The van der Waals surface area contributed by atoms with E-state index < -0.39 is 5.97 Å². The smallest absolute Gasteiger partial charge is 0.337 e. The van der Waals surface area contributed by atoms with E-state index in [0.29, 0.717) is 10.8 Å². The normalized spacial score (nSPS) is 10.1. The third-order valence-electron chi connectivity index (χ3n) is 2.35. The zero-order valence-electron chi connectivity index (χ0n) is 9.26. The monoisotopic (exact) mass is 263 g/mol. The molecule has 0 saturated heterocycles. The van der Waals surface area contributed by atoms with Crippen molar-refractivity contribution in [1.29, 1.82) is 0 Å². The lowest BCUT2D eigenvalue weighted by molar-refractivity contribution is 0.0698. The van der Waals surface area contributed by atoms with Crippen LogP contribution >= 0.6 is 11.6 Å². The summed E-state index contributed by atoms with van der Waals surface area (Å²) in [6, 6.07) is 11.4. The summed E-state index contributed by atoms with van der Waals surface area (Å²) in [7, 11) is 0. The van der Waals surface area contributed by atoms with Gasteiger partial charge in [-0.05, 0) is 24.3 Å². The van der Waals surface area contributed by atoms with E-state index >= 15 is 0 Å². The molecule has 18 heavy (non-hydrogen) atoms. The van der Waals surface area contributed by atoms with Crippen LogP contribution < -0.4 is 10.5 Å². The molecule has 5 heteroatoms. The lowest BCUT2D eigenvalue weighted by Gasteiger charge is -2.11. The first-order chi connectivity index (χ1) is 8.59. The fourth-order valence-electron chi connectivity index (χ4n) is 1.47. The van der Waals surface area contributed by atoms with Crippen molar-refractivity contribution in [3.63, 3.8) is 0 Å². The number of nitrogen functional groups attached to an aromatic ring is 1. The molecule has 0 aliphatic rings. The molecule has 0 fully saturated rings. The number of ether oxygens (including phenoxy) is 1. The van der Waals surface area contributed by atoms with Crippen LogP contribution in [0.3, 0.4) is 0 Å². The minimum Gasteiger partial charge on any atom is -0.478 e. The van der Waals surface area contributed by atoms with Gasteiger partial charge in [0.05, 0.1) is 16.3 Å². The first-order valence-electron chi connectivity index (χ1n) is 5.14. The summed E-state index contributed by atoms with van der Waals surface area (Å²) >= 11 is 5.95. The highest BCUT2D eigenvalue weighted by atomic mass is 35.5. The van der Waals surface area contributed by atoms with Crippen LogP contribution in [0.25, 0.3) is 0 Å². The third kappa shape index (κ3) is 2.38. The molecule has 4 nitrogen and oxygen atoms in total. The average Bonchev–Trinajstić information content (AvgIpc) is 2.34. The number of nitrogens with two attached hydrogens (primary N) is 1. The van der Waals surface area contributed by atoms with Crippen LogP contribution in [0.5, 0.6) is 11.5 Å². The second-order valence-corrected chi connectivity index (χ2v) is 3.96. The van der Waals surface area contributed by atoms with Gasteiger partial charge in [0.25, 0.3) is 0 Å². The standard InChI is InChI=1S/C13H10ClNO3/c14-9-5-1-2-6-10(9)18-11-7-3-4-8(12(11)15)13(16)17/h1-7H,15H2,(H,16,17). The molecule has 2 aromatic rings. The number of carbonyl (C=O) groups is 1. The summed E-state index contributed by atoms with van der Waals surface area (Å²) < 4.78 is 5.51. The molecule has 0 amide bonds. The third-order valence-corrected chi connectivity index (χ3v) is 2.67. The van der Waals surface area contributed by atoms with Crippen molar-refractivity contribution in [1.82, 2.24) is 0 Å². The number of carboxylic acid groups (broad SMARTS) is 1. The Labute approximate surface area is 109 Å². The molecule has 3 N–H and O–H groups in total. The molecule has 0 aromatic heterocycles. The van der Waals surface area contributed by atoms with Crippen molar-refractivity contribution in [2.75, 3.05) is 5.73 Å². The van der Waals surface area contributed by atoms with Gasteiger partial charge in [-0.2, -0.15) is 0 Å². The lowest BCUT2D eigenvalue weighted by Crippen LogP contribution is -2.03. The van der Waals surface area contributed by atoms with E-state index in [2.05, 4.69) is 0 Å². The van der Waals surface area contributed by atoms with Crippen LogP contribution in [-0.4, -0.2) is 11.1 Å². The molecule has 0 saturated carbocycles. The van der Waals surface area contributed by atoms with Crippen molar-refractivity contribution in [3.05, 3.63) is 53.1 Å². The molecule has 92 valence electrons.